The summed E-state index contributed by atoms with van der Waals surface area (Å²) < 4.78 is 0. The van der Waals surface area contributed by atoms with E-state index >= 15 is 0 Å². The van der Waals surface area contributed by atoms with Gasteiger partial charge in [0.05, 0.1) is 6.07 Å². The van der Waals surface area contributed by atoms with Gasteiger partial charge in [0, 0.05) is 6.04 Å². The Morgan fingerprint density at radius 3 is 2.55 bits per heavy atom. The average Bonchev–Trinajstić information content (AvgIpc) is 2.90. The molecule has 1 aliphatic carbocycles. The van der Waals surface area contributed by atoms with E-state index in [0.717, 1.165) is 37.6 Å². The topological polar surface area (TPSA) is 39.1 Å². The summed E-state index contributed by atoms with van der Waals surface area (Å²) in [7, 11) is 0. The number of likely N-dealkylation sites (tertiary alicyclic amines) is 1. The Labute approximate surface area is 124 Å². The maximum atomic E-state index is 9.54. The zero-order valence-corrected chi connectivity index (χ0v) is 13.5. The smallest absolute Gasteiger partial charge is 0.108 e. The second kappa shape index (κ2) is 6.91. The van der Waals surface area contributed by atoms with E-state index in [9.17, 15) is 5.26 Å². The van der Waals surface area contributed by atoms with Crippen LogP contribution in [0.1, 0.15) is 59.3 Å². The molecule has 0 aromatic rings. The van der Waals surface area contributed by atoms with Gasteiger partial charge in [-0.1, -0.05) is 20.8 Å². The molecular weight excluding hydrogens is 246 g/mol. The van der Waals surface area contributed by atoms with Crippen molar-refractivity contribution < 1.29 is 0 Å². The van der Waals surface area contributed by atoms with Crippen molar-refractivity contribution in [2.24, 2.45) is 11.8 Å². The molecule has 2 fully saturated rings. The minimum absolute atomic E-state index is 0.241. The van der Waals surface area contributed by atoms with Crippen molar-refractivity contribution in [3.05, 3.63) is 0 Å². The highest BCUT2D eigenvalue weighted by atomic mass is 15.2. The standard InChI is InChI=1S/C17H31N3/c1-4-9-19-17(13-18)8-5-16(12-17)20-10-6-15(7-11-20)14(2)3/h14-16,19H,4-12H2,1-3H3. The first kappa shape index (κ1) is 15.8. The minimum Gasteiger partial charge on any atom is -0.300 e. The molecule has 2 unspecified atom stereocenters. The lowest BCUT2D eigenvalue weighted by molar-refractivity contribution is 0.113. The van der Waals surface area contributed by atoms with Crippen LogP contribution in [-0.4, -0.2) is 36.1 Å². The first-order valence-corrected chi connectivity index (χ1v) is 8.50. The fourth-order valence-corrected chi connectivity index (χ4v) is 3.95. The molecule has 20 heavy (non-hydrogen) atoms. The lowest BCUT2D eigenvalue weighted by atomic mass is 9.86. The SMILES string of the molecule is CCCNC1(C#N)CCC(N2CCC(C(C)C)CC2)C1. The van der Waals surface area contributed by atoms with Crippen molar-refractivity contribution in [2.45, 2.75) is 70.9 Å². The van der Waals surface area contributed by atoms with Gasteiger partial charge in [-0.15, -0.1) is 0 Å². The van der Waals surface area contributed by atoms with Crippen LogP contribution in [0.4, 0.5) is 0 Å². The van der Waals surface area contributed by atoms with Crippen LogP contribution >= 0.6 is 0 Å². The molecule has 2 rings (SSSR count). The molecule has 114 valence electrons. The number of rotatable bonds is 5. The predicted molar refractivity (Wildman–Crippen MR) is 83.4 cm³/mol. The lowest BCUT2D eigenvalue weighted by Gasteiger charge is -2.38. The molecule has 1 saturated heterocycles. The maximum Gasteiger partial charge on any atom is 0.108 e. The molecule has 0 radical (unpaired) electrons. The molecule has 0 spiro atoms. The monoisotopic (exact) mass is 277 g/mol. The third kappa shape index (κ3) is 3.54. The highest BCUT2D eigenvalue weighted by Gasteiger charge is 2.41. The summed E-state index contributed by atoms with van der Waals surface area (Å²) in [5, 5.41) is 13.0. The van der Waals surface area contributed by atoms with Crippen LogP contribution in [0.2, 0.25) is 0 Å². The van der Waals surface area contributed by atoms with E-state index in [2.05, 4.69) is 37.1 Å². The van der Waals surface area contributed by atoms with Gasteiger partial charge in [-0.2, -0.15) is 5.26 Å². The highest BCUT2D eigenvalue weighted by molar-refractivity contribution is 5.13. The van der Waals surface area contributed by atoms with Crippen LogP contribution in [0.25, 0.3) is 0 Å². The van der Waals surface area contributed by atoms with E-state index in [1.165, 1.54) is 32.4 Å². The first-order chi connectivity index (χ1) is 9.60. The molecule has 0 aromatic heterocycles. The van der Waals surface area contributed by atoms with E-state index < -0.39 is 0 Å². The normalized spacial score (nSPS) is 32.6. The van der Waals surface area contributed by atoms with Crippen molar-refractivity contribution in [1.29, 1.82) is 5.26 Å². The summed E-state index contributed by atoms with van der Waals surface area (Å²) in [5.41, 5.74) is -0.241. The zero-order valence-electron chi connectivity index (χ0n) is 13.5. The van der Waals surface area contributed by atoms with Crippen molar-refractivity contribution in [1.82, 2.24) is 10.2 Å². The number of nitrogens with one attached hydrogen (secondary N) is 1. The molecule has 3 heteroatoms. The van der Waals surface area contributed by atoms with E-state index in [1.807, 2.05) is 0 Å². The van der Waals surface area contributed by atoms with E-state index in [1.54, 1.807) is 0 Å². The number of nitrogens with zero attached hydrogens (tertiary/aromatic N) is 2. The van der Waals surface area contributed by atoms with Crippen molar-refractivity contribution in [3.63, 3.8) is 0 Å². The van der Waals surface area contributed by atoms with Crippen LogP contribution in [0.15, 0.2) is 0 Å². The van der Waals surface area contributed by atoms with Crippen LogP contribution < -0.4 is 5.32 Å². The van der Waals surface area contributed by atoms with Gasteiger partial charge < -0.3 is 4.90 Å². The second-order valence-corrected chi connectivity index (χ2v) is 7.13. The average molecular weight is 277 g/mol. The van der Waals surface area contributed by atoms with Crippen molar-refractivity contribution in [2.75, 3.05) is 19.6 Å². The van der Waals surface area contributed by atoms with Gasteiger partial charge in [-0.3, -0.25) is 5.32 Å². The van der Waals surface area contributed by atoms with Gasteiger partial charge in [0.25, 0.3) is 0 Å². The lowest BCUT2D eigenvalue weighted by Crippen LogP contribution is -2.46. The van der Waals surface area contributed by atoms with Gasteiger partial charge in [-0.25, -0.2) is 0 Å². The minimum atomic E-state index is -0.241. The van der Waals surface area contributed by atoms with Crippen molar-refractivity contribution >= 4 is 0 Å². The molecule has 1 saturated carbocycles. The van der Waals surface area contributed by atoms with Crippen molar-refractivity contribution in [3.8, 4) is 6.07 Å². The van der Waals surface area contributed by atoms with Crippen LogP contribution in [0.3, 0.4) is 0 Å². The number of piperidine rings is 1. The Hall–Kier alpha value is -0.590. The van der Waals surface area contributed by atoms with Gasteiger partial charge in [-0.05, 0) is 70.0 Å². The largest absolute Gasteiger partial charge is 0.300 e. The van der Waals surface area contributed by atoms with Gasteiger partial charge in [0.2, 0.25) is 0 Å². The fraction of sp³-hybridized carbons (Fsp3) is 0.941. The maximum absolute atomic E-state index is 9.54. The fourth-order valence-electron chi connectivity index (χ4n) is 3.95. The Morgan fingerprint density at radius 2 is 2.00 bits per heavy atom. The summed E-state index contributed by atoms with van der Waals surface area (Å²) in [6, 6.07) is 3.20. The molecule has 1 heterocycles. The number of hydrogen-bond donors (Lipinski definition) is 1. The van der Waals surface area contributed by atoms with E-state index in [-0.39, 0.29) is 5.54 Å². The molecule has 1 N–H and O–H groups in total. The molecule has 1 aliphatic heterocycles. The summed E-state index contributed by atoms with van der Waals surface area (Å²) >= 11 is 0. The molecule has 2 aliphatic rings. The zero-order chi connectivity index (χ0) is 14.6. The summed E-state index contributed by atoms with van der Waals surface area (Å²) in [4.78, 5) is 2.66. The Kier molecular flexibility index (Phi) is 5.46. The quantitative estimate of drug-likeness (QED) is 0.839. The predicted octanol–water partition coefficient (Wildman–Crippen LogP) is 3.17. The van der Waals surface area contributed by atoms with E-state index in [0.29, 0.717) is 6.04 Å². The Balaban J connectivity index is 1.85. The summed E-state index contributed by atoms with van der Waals surface area (Å²) in [6.07, 6.45) is 7.03. The van der Waals surface area contributed by atoms with Gasteiger partial charge in [0.1, 0.15) is 5.54 Å². The molecule has 0 bridgehead atoms. The first-order valence-electron chi connectivity index (χ1n) is 8.50. The van der Waals surface area contributed by atoms with Crippen LogP contribution in [-0.2, 0) is 0 Å². The Bertz CT molecular complexity index is 339. The summed E-state index contributed by atoms with van der Waals surface area (Å²) in [5.74, 6) is 1.73. The Morgan fingerprint density at radius 1 is 1.30 bits per heavy atom. The van der Waals surface area contributed by atoms with Crippen LogP contribution in [0, 0.1) is 23.2 Å². The van der Waals surface area contributed by atoms with E-state index in [4.69, 9.17) is 0 Å². The van der Waals surface area contributed by atoms with Crippen LogP contribution in [0.5, 0.6) is 0 Å². The van der Waals surface area contributed by atoms with Gasteiger partial charge >= 0.3 is 0 Å². The third-order valence-corrected chi connectivity index (χ3v) is 5.45. The molecule has 0 amide bonds. The number of hydrogen-bond acceptors (Lipinski definition) is 3. The molecule has 2 atom stereocenters. The highest BCUT2D eigenvalue weighted by Crippen LogP contribution is 2.35. The molecular formula is C17H31N3. The number of nitriles is 1. The van der Waals surface area contributed by atoms with Gasteiger partial charge in [0.15, 0.2) is 0 Å². The third-order valence-electron chi connectivity index (χ3n) is 5.45. The molecule has 0 aromatic carbocycles. The second-order valence-electron chi connectivity index (χ2n) is 7.13. The molecule has 3 nitrogen and oxygen atoms in total. The summed E-state index contributed by atoms with van der Waals surface area (Å²) in [6.45, 7) is 10.3.